The molecule has 0 unspecified atom stereocenters. The number of nitrogens with zero attached hydrogens (tertiary/aromatic N) is 1. The van der Waals surface area contributed by atoms with E-state index in [1.54, 1.807) is 12.1 Å². The third kappa shape index (κ3) is 4.28. The molecule has 0 atom stereocenters. The van der Waals surface area contributed by atoms with Gasteiger partial charge in [-0.15, -0.1) is 0 Å². The molecule has 0 radical (unpaired) electrons. The first-order chi connectivity index (χ1) is 9.56. The minimum atomic E-state index is -0.351. The van der Waals surface area contributed by atoms with E-state index in [9.17, 15) is 10.1 Å². The van der Waals surface area contributed by atoms with Crippen LogP contribution in [0.2, 0.25) is 0 Å². The van der Waals surface area contributed by atoms with Crippen LogP contribution in [0.5, 0.6) is 0 Å². The van der Waals surface area contributed by atoms with Crippen LogP contribution in [-0.4, -0.2) is 11.5 Å². The third-order valence-corrected chi connectivity index (χ3v) is 4.78. The van der Waals surface area contributed by atoms with E-state index in [1.807, 2.05) is 6.07 Å². The van der Waals surface area contributed by atoms with E-state index in [-0.39, 0.29) is 10.6 Å². The van der Waals surface area contributed by atoms with Crippen molar-refractivity contribution in [3.63, 3.8) is 0 Å². The van der Waals surface area contributed by atoms with Crippen molar-refractivity contribution in [3.8, 4) is 0 Å². The lowest BCUT2D eigenvalue weighted by atomic mass is 9.83. The largest absolute Gasteiger partial charge is 0.312 e. The van der Waals surface area contributed by atoms with Crippen LogP contribution < -0.4 is 5.32 Å². The van der Waals surface area contributed by atoms with Gasteiger partial charge in [-0.1, -0.05) is 25.8 Å². The van der Waals surface area contributed by atoms with Gasteiger partial charge >= 0.3 is 0 Å². The predicted molar refractivity (Wildman–Crippen MR) is 83.6 cm³/mol. The van der Waals surface area contributed by atoms with Crippen LogP contribution in [0.15, 0.2) is 22.7 Å². The van der Waals surface area contributed by atoms with Gasteiger partial charge in [-0.3, -0.25) is 10.1 Å². The van der Waals surface area contributed by atoms with Gasteiger partial charge in [0.2, 0.25) is 0 Å². The lowest BCUT2D eigenvalue weighted by Gasteiger charge is -2.26. The predicted octanol–water partition coefficient (Wildman–Crippen LogP) is 4.27. The van der Waals surface area contributed by atoms with Gasteiger partial charge < -0.3 is 5.32 Å². The Bertz CT molecular complexity index is 471. The maximum Gasteiger partial charge on any atom is 0.283 e. The van der Waals surface area contributed by atoms with Crippen LogP contribution in [0.3, 0.4) is 0 Å². The highest BCUT2D eigenvalue weighted by Gasteiger charge is 2.18. The number of benzene rings is 1. The van der Waals surface area contributed by atoms with E-state index in [1.165, 1.54) is 25.7 Å². The molecule has 5 heteroatoms. The Hall–Kier alpha value is -0.940. The summed E-state index contributed by atoms with van der Waals surface area (Å²) in [6.07, 6.45) is 5.26. The van der Waals surface area contributed by atoms with Crippen molar-refractivity contribution in [1.29, 1.82) is 0 Å². The summed E-state index contributed by atoms with van der Waals surface area (Å²) in [4.78, 5) is 10.5. The van der Waals surface area contributed by atoms with Crippen LogP contribution >= 0.6 is 15.9 Å². The number of hydrogen-bond donors (Lipinski definition) is 1. The average Bonchev–Trinajstić information content (AvgIpc) is 2.42. The van der Waals surface area contributed by atoms with Crippen LogP contribution in [0, 0.1) is 22.0 Å². The lowest BCUT2D eigenvalue weighted by Crippen LogP contribution is -2.25. The molecule has 0 bridgehead atoms. The third-order valence-electron chi connectivity index (χ3n) is 4.10. The van der Waals surface area contributed by atoms with Gasteiger partial charge in [0, 0.05) is 12.6 Å². The first-order valence-electron chi connectivity index (χ1n) is 7.20. The van der Waals surface area contributed by atoms with E-state index in [2.05, 4.69) is 28.2 Å². The Kier molecular flexibility index (Phi) is 5.54. The number of hydrogen-bond acceptors (Lipinski definition) is 3. The molecule has 1 aromatic carbocycles. The van der Waals surface area contributed by atoms with E-state index < -0.39 is 0 Å². The first kappa shape index (κ1) is 15.4. The van der Waals surface area contributed by atoms with E-state index in [0.29, 0.717) is 11.0 Å². The molecule has 0 saturated heterocycles. The number of nitro groups is 1. The van der Waals surface area contributed by atoms with Gasteiger partial charge in [-0.25, -0.2) is 0 Å². The SMILES string of the molecule is CC1CCC(CNCc2ccc(Br)c([N+](=O)[O-])c2)CC1. The van der Waals surface area contributed by atoms with Gasteiger partial charge in [0.05, 0.1) is 9.40 Å². The Morgan fingerprint density at radius 2 is 2.05 bits per heavy atom. The number of halogens is 1. The van der Waals surface area contributed by atoms with Crippen molar-refractivity contribution in [2.45, 2.75) is 39.2 Å². The maximum atomic E-state index is 10.9. The summed E-state index contributed by atoms with van der Waals surface area (Å²) in [5.74, 6) is 1.64. The summed E-state index contributed by atoms with van der Waals surface area (Å²) in [6.45, 7) is 4.03. The molecule has 1 N–H and O–H groups in total. The van der Waals surface area contributed by atoms with Crippen molar-refractivity contribution in [3.05, 3.63) is 38.3 Å². The molecule has 0 aromatic heterocycles. The molecule has 1 fully saturated rings. The monoisotopic (exact) mass is 340 g/mol. The zero-order chi connectivity index (χ0) is 14.5. The van der Waals surface area contributed by atoms with Crippen molar-refractivity contribution in [1.82, 2.24) is 5.32 Å². The van der Waals surface area contributed by atoms with Gasteiger partial charge in [0.25, 0.3) is 5.69 Å². The van der Waals surface area contributed by atoms with Gasteiger partial charge in [-0.2, -0.15) is 0 Å². The van der Waals surface area contributed by atoms with Crippen LogP contribution in [-0.2, 0) is 6.54 Å². The van der Waals surface area contributed by atoms with Gasteiger partial charge in [0.15, 0.2) is 0 Å². The van der Waals surface area contributed by atoms with Gasteiger partial charge in [-0.05, 0) is 58.8 Å². The average molecular weight is 341 g/mol. The second-order valence-electron chi connectivity index (χ2n) is 5.80. The summed E-state index contributed by atoms with van der Waals surface area (Å²) in [5.41, 5.74) is 1.10. The molecular weight excluding hydrogens is 320 g/mol. The quantitative estimate of drug-likeness (QED) is 0.643. The molecular formula is C15H21BrN2O2. The Balaban J connectivity index is 1.82. The van der Waals surface area contributed by atoms with Crippen molar-refractivity contribution >= 4 is 21.6 Å². The topological polar surface area (TPSA) is 55.2 Å². The normalized spacial score (nSPS) is 22.7. The van der Waals surface area contributed by atoms with Crippen LogP contribution in [0.4, 0.5) is 5.69 Å². The van der Waals surface area contributed by atoms with Crippen molar-refractivity contribution in [2.75, 3.05) is 6.54 Å². The van der Waals surface area contributed by atoms with Crippen LogP contribution in [0.1, 0.15) is 38.2 Å². The highest BCUT2D eigenvalue weighted by molar-refractivity contribution is 9.10. The molecule has 1 saturated carbocycles. The maximum absolute atomic E-state index is 10.9. The summed E-state index contributed by atoms with van der Waals surface area (Å²) >= 11 is 3.21. The number of nitro benzene ring substituents is 1. The highest BCUT2D eigenvalue weighted by atomic mass is 79.9. The summed E-state index contributed by atoms with van der Waals surface area (Å²) in [7, 11) is 0. The first-order valence-corrected chi connectivity index (χ1v) is 7.99. The lowest BCUT2D eigenvalue weighted by molar-refractivity contribution is -0.385. The van der Waals surface area contributed by atoms with E-state index in [0.717, 1.165) is 23.9 Å². The highest BCUT2D eigenvalue weighted by Crippen LogP contribution is 2.28. The number of nitrogens with one attached hydrogen (secondary N) is 1. The molecule has 4 nitrogen and oxygen atoms in total. The molecule has 0 spiro atoms. The fraction of sp³-hybridized carbons (Fsp3) is 0.600. The fourth-order valence-electron chi connectivity index (χ4n) is 2.76. The van der Waals surface area contributed by atoms with Crippen LogP contribution in [0.25, 0.3) is 0 Å². The molecule has 1 aliphatic rings. The summed E-state index contributed by atoms with van der Waals surface area (Å²) in [6, 6.07) is 5.31. The molecule has 110 valence electrons. The zero-order valence-corrected chi connectivity index (χ0v) is 13.4. The Labute approximate surface area is 128 Å². The molecule has 1 aromatic rings. The minimum Gasteiger partial charge on any atom is -0.312 e. The molecule has 0 heterocycles. The van der Waals surface area contributed by atoms with Crippen molar-refractivity contribution in [2.24, 2.45) is 11.8 Å². The Morgan fingerprint density at radius 3 is 2.70 bits per heavy atom. The Morgan fingerprint density at radius 1 is 1.35 bits per heavy atom. The number of rotatable bonds is 5. The minimum absolute atomic E-state index is 0.135. The van der Waals surface area contributed by atoms with Gasteiger partial charge in [0.1, 0.15) is 0 Å². The second kappa shape index (κ2) is 7.18. The molecule has 2 rings (SSSR count). The summed E-state index contributed by atoms with van der Waals surface area (Å²) in [5, 5.41) is 14.3. The van der Waals surface area contributed by atoms with E-state index in [4.69, 9.17) is 0 Å². The zero-order valence-electron chi connectivity index (χ0n) is 11.8. The molecule has 0 amide bonds. The smallest absolute Gasteiger partial charge is 0.283 e. The fourth-order valence-corrected chi connectivity index (χ4v) is 3.15. The molecule has 1 aliphatic carbocycles. The molecule has 0 aliphatic heterocycles. The van der Waals surface area contributed by atoms with E-state index >= 15 is 0 Å². The second-order valence-corrected chi connectivity index (χ2v) is 6.65. The molecule has 20 heavy (non-hydrogen) atoms. The van der Waals surface area contributed by atoms with Crippen molar-refractivity contribution < 1.29 is 4.92 Å². The summed E-state index contributed by atoms with van der Waals surface area (Å²) < 4.78 is 0.535. The standard InChI is InChI=1S/C15H21BrN2O2/c1-11-2-4-12(5-3-11)9-17-10-13-6-7-14(16)15(8-13)18(19)20/h6-8,11-12,17H,2-5,9-10H2,1H3.